The zero-order chi connectivity index (χ0) is 19.7. The number of esters is 1. The summed E-state index contributed by atoms with van der Waals surface area (Å²) in [5.41, 5.74) is 0.343. The lowest BCUT2D eigenvalue weighted by Gasteiger charge is -2.32. The lowest BCUT2D eigenvalue weighted by molar-refractivity contribution is -0.152. The van der Waals surface area contributed by atoms with Gasteiger partial charge < -0.3 is 14.8 Å². The van der Waals surface area contributed by atoms with E-state index in [-0.39, 0.29) is 19.1 Å². The number of amides is 1. The Morgan fingerprint density at radius 1 is 0.963 bits per heavy atom. The molecule has 0 bridgehead atoms. The Kier molecular flexibility index (Phi) is 7.17. The van der Waals surface area contributed by atoms with Crippen LogP contribution >= 0.6 is 0 Å². The minimum Gasteiger partial charge on any atom is -0.459 e. The van der Waals surface area contributed by atoms with Gasteiger partial charge in [0.25, 0.3) is 0 Å². The van der Waals surface area contributed by atoms with E-state index in [1.807, 2.05) is 74.5 Å². The van der Waals surface area contributed by atoms with Gasteiger partial charge in [-0.1, -0.05) is 80.6 Å². The molecule has 0 radical (unpaired) electrons. The molecule has 142 valence electrons. The van der Waals surface area contributed by atoms with E-state index in [2.05, 4.69) is 11.9 Å². The lowest BCUT2D eigenvalue weighted by atomic mass is 9.86. The van der Waals surface area contributed by atoms with Gasteiger partial charge in [0.05, 0.1) is 0 Å². The molecular formula is C22H25NO4. The first-order valence-corrected chi connectivity index (χ1v) is 8.81. The van der Waals surface area contributed by atoms with Crippen molar-refractivity contribution >= 4 is 12.1 Å². The van der Waals surface area contributed by atoms with E-state index in [0.29, 0.717) is 0 Å². The molecule has 2 aromatic carbocycles. The highest BCUT2D eigenvalue weighted by atomic mass is 16.6. The number of benzene rings is 2. The van der Waals surface area contributed by atoms with Crippen LogP contribution in [0, 0.1) is 5.92 Å². The van der Waals surface area contributed by atoms with Crippen molar-refractivity contribution in [2.75, 3.05) is 0 Å². The van der Waals surface area contributed by atoms with Crippen LogP contribution in [0.4, 0.5) is 4.79 Å². The maximum absolute atomic E-state index is 12.8. The van der Waals surface area contributed by atoms with E-state index in [0.717, 1.165) is 11.1 Å². The molecule has 0 aromatic heterocycles. The first-order chi connectivity index (χ1) is 13.0. The van der Waals surface area contributed by atoms with Crippen molar-refractivity contribution in [3.05, 3.63) is 84.4 Å². The van der Waals surface area contributed by atoms with Crippen molar-refractivity contribution in [2.45, 2.75) is 32.6 Å². The quantitative estimate of drug-likeness (QED) is 0.560. The Morgan fingerprint density at radius 3 is 1.89 bits per heavy atom. The zero-order valence-corrected chi connectivity index (χ0v) is 15.7. The normalized spacial score (nSPS) is 12.7. The summed E-state index contributed by atoms with van der Waals surface area (Å²) in [6, 6.07) is 18.6. The van der Waals surface area contributed by atoms with Crippen LogP contribution in [-0.4, -0.2) is 17.6 Å². The van der Waals surface area contributed by atoms with Gasteiger partial charge in [-0.3, -0.25) is 0 Å². The Morgan fingerprint density at radius 2 is 1.44 bits per heavy atom. The van der Waals surface area contributed by atoms with Gasteiger partial charge in [-0.05, 0) is 17.0 Å². The van der Waals surface area contributed by atoms with Crippen LogP contribution in [0.15, 0.2) is 73.3 Å². The average molecular weight is 367 g/mol. The molecule has 1 N–H and O–H groups in total. The molecule has 1 atom stereocenters. The van der Waals surface area contributed by atoms with Crippen LogP contribution in [0.1, 0.15) is 25.0 Å². The number of carbonyl (C=O) groups excluding carboxylic acids is 2. The summed E-state index contributed by atoms with van der Waals surface area (Å²) < 4.78 is 10.7. The van der Waals surface area contributed by atoms with Crippen molar-refractivity contribution in [3.63, 3.8) is 0 Å². The molecule has 0 fully saturated rings. The Bertz CT molecular complexity index is 758. The molecule has 1 unspecified atom stereocenters. The number of ether oxygens (including phenoxy) is 2. The molecule has 27 heavy (non-hydrogen) atoms. The third-order valence-electron chi connectivity index (χ3n) is 4.30. The lowest BCUT2D eigenvalue weighted by Crippen LogP contribution is -2.57. The van der Waals surface area contributed by atoms with Gasteiger partial charge in [0.15, 0.2) is 5.54 Å². The van der Waals surface area contributed by atoms with Gasteiger partial charge in [0, 0.05) is 0 Å². The molecule has 1 amide bonds. The second kappa shape index (κ2) is 9.57. The smallest absolute Gasteiger partial charge is 0.408 e. The van der Waals surface area contributed by atoms with Crippen LogP contribution < -0.4 is 5.32 Å². The highest BCUT2D eigenvalue weighted by Crippen LogP contribution is 2.22. The molecule has 0 saturated heterocycles. The molecule has 5 heteroatoms. The van der Waals surface area contributed by atoms with Crippen LogP contribution in [0.2, 0.25) is 0 Å². The first-order valence-electron chi connectivity index (χ1n) is 8.81. The monoisotopic (exact) mass is 367 g/mol. The fraction of sp³-hybridized carbons (Fsp3) is 0.273. The van der Waals surface area contributed by atoms with Gasteiger partial charge in [-0.2, -0.15) is 0 Å². The van der Waals surface area contributed by atoms with E-state index < -0.39 is 17.6 Å². The number of carbonyl (C=O) groups is 2. The molecule has 2 rings (SSSR count). The molecule has 0 spiro atoms. The summed E-state index contributed by atoms with van der Waals surface area (Å²) in [4.78, 5) is 25.0. The van der Waals surface area contributed by atoms with Gasteiger partial charge in [-0.25, -0.2) is 9.59 Å². The molecule has 0 aliphatic carbocycles. The molecule has 2 aromatic rings. The largest absolute Gasteiger partial charge is 0.459 e. The van der Waals surface area contributed by atoms with E-state index in [1.165, 1.54) is 6.08 Å². The van der Waals surface area contributed by atoms with Crippen LogP contribution in [0.3, 0.4) is 0 Å². The van der Waals surface area contributed by atoms with E-state index in [4.69, 9.17) is 9.47 Å². The Labute approximate surface area is 160 Å². The predicted molar refractivity (Wildman–Crippen MR) is 104 cm³/mol. The molecule has 0 aliphatic rings. The molecule has 5 nitrogen and oxygen atoms in total. The Hall–Kier alpha value is -3.08. The molecule has 0 heterocycles. The summed E-state index contributed by atoms with van der Waals surface area (Å²) in [6.45, 7) is 7.57. The minimum absolute atomic E-state index is 0.108. The number of hydrogen-bond donors (Lipinski definition) is 1. The third kappa shape index (κ3) is 5.45. The second-order valence-corrected chi connectivity index (χ2v) is 6.48. The van der Waals surface area contributed by atoms with Crippen LogP contribution in [-0.2, 0) is 27.5 Å². The maximum Gasteiger partial charge on any atom is 0.408 e. The zero-order valence-electron chi connectivity index (χ0n) is 15.7. The molecular weight excluding hydrogens is 342 g/mol. The fourth-order valence-corrected chi connectivity index (χ4v) is 2.57. The number of nitrogens with one attached hydrogen (secondary N) is 1. The van der Waals surface area contributed by atoms with Gasteiger partial charge in [0.2, 0.25) is 0 Å². The number of rotatable bonds is 8. The summed E-state index contributed by atoms with van der Waals surface area (Å²) >= 11 is 0. The van der Waals surface area contributed by atoms with Crippen molar-refractivity contribution in [2.24, 2.45) is 5.92 Å². The van der Waals surface area contributed by atoms with Crippen molar-refractivity contribution in [1.82, 2.24) is 5.32 Å². The van der Waals surface area contributed by atoms with E-state index in [1.54, 1.807) is 0 Å². The molecule has 0 aliphatic heterocycles. The summed E-state index contributed by atoms with van der Waals surface area (Å²) in [5.74, 6) is -0.851. The van der Waals surface area contributed by atoms with Gasteiger partial charge in [0.1, 0.15) is 13.2 Å². The summed E-state index contributed by atoms with van der Waals surface area (Å²) in [5, 5.41) is 2.63. The summed E-state index contributed by atoms with van der Waals surface area (Å²) in [6.07, 6.45) is 0.693. The fourth-order valence-electron chi connectivity index (χ4n) is 2.57. The van der Waals surface area contributed by atoms with Crippen molar-refractivity contribution < 1.29 is 19.1 Å². The molecule has 0 saturated carbocycles. The number of hydrogen-bond acceptors (Lipinski definition) is 4. The standard InChI is InChI=1S/C22H25NO4/c1-4-22(17(2)3,20(24)26-15-18-11-7-5-8-12-18)23-21(25)27-16-19-13-9-6-10-14-19/h4-14,17H,1,15-16H2,2-3H3,(H,23,25). The van der Waals surface area contributed by atoms with E-state index >= 15 is 0 Å². The minimum atomic E-state index is -1.37. The Balaban J connectivity index is 2.02. The second-order valence-electron chi connectivity index (χ2n) is 6.48. The average Bonchev–Trinajstić information content (AvgIpc) is 2.70. The highest BCUT2D eigenvalue weighted by Gasteiger charge is 2.42. The predicted octanol–water partition coefficient (Wildman–Crippen LogP) is 4.24. The van der Waals surface area contributed by atoms with Crippen molar-refractivity contribution in [1.29, 1.82) is 0 Å². The maximum atomic E-state index is 12.8. The summed E-state index contributed by atoms with van der Waals surface area (Å²) in [7, 11) is 0. The topological polar surface area (TPSA) is 64.6 Å². The SMILES string of the molecule is C=CC(NC(=O)OCc1ccccc1)(C(=O)OCc1ccccc1)C(C)C. The van der Waals surface area contributed by atoms with Crippen LogP contribution in [0.5, 0.6) is 0 Å². The van der Waals surface area contributed by atoms with Gasteiger partial charge >= 0.3 is 12.1 Å². The highest BCUT2D eigenvalue weighted by molar-refractivity contribution is 5.88. The third-order valence-corrected chi connectivity index (χ3v) is 4.30. The van der Waals surface area contributed by atoms with Crippen molar-refractivity contribution in [3.8, 4) is 0 Å². The first kappa shape index (κ1) is 20.2. The van der Waals surface area contributed by atoms with E-state index in [9.17, 15) is 9.59 Å². The van der Waals surface area contributed by atoms with Crippen LogP contribution in [0.25, 0.3) is 0 Å². The van der Waals surface area contributed by atoms with Gasteiger partial charge in [-0.15, -0.1) is 6.58 Å². The number of alkyl carbamates (subject to hydrolysis) is 1.